The molecule has 1 amide bonds. The normalized spacial score (nSPS) is 18.6. The van der Waals surface area contributed by atoms with Crippen LogP contribution in [0.15, 0.2) is 12.3 Å². The number of pyridine rings is 1. The first kappa shape index (κ1) is 16.0. The Balaban J connectivity index is 2.13. The summed E-state index contributed by atoms with van der Waals surface area (Å²) in [5.41, 5.74) is 0.474. The van der Waals surface area contributed by atoms with Gasteiger partial charge >= 0.3 is 0 Å². The maximum absolute atomic E-state index is 12.5. The van der Waals surface area contributed by atoms with Gasteiger partial charge in [0.05, 0.1) is 23.2 Å². The fraction of sp³-hybridized carbons (Fsp3) is 0.600. The van der Waals surface area contributed by atoms with Gasteiger partial charge in [0.1, 0.15) is 5.82 Å². The number of carbonyl (C=O) groups is 1. The maximum atomic E-state index is 12.5. The summed E-state index contributed by atoms with van der Waals surface area (Å²) in [7, 11) is 0. The van der Waals surface area contributed by atoms with E-state index in [0.717, 1.165) is 32.2 Å². The van der Waals surface area contributed by atoms with Crippen molar-refractivity contribution in [1.29, 1.82) is 0 Å². The summed E-state index contributed by atoms with van der Waals surface area (Å²) < 4.78 is 0. The second kappa shape index (κ2) is 7.61. The molecule has 1 unspecified atom stereocenters. The molecule has 2 N–H and O–H groups in total. The average Bonchev–Trinajstić information content (AvgIpc) is 2.53. The minimum Gasteiger partial charge on any atom is -0.394 e. The smallest absolute Gasteiger partial charge is 0.255 e. The molecular formula is C15H22ClN3O2. The van der Waals surface area contributed by atoms with Gasteiger partial charge in [-0.2, -0.15) is 0 Å². The monoisotopic (exact) mass is 311 g/mol. The zero-order valence-electron chi connectivity index (χ0n) is 12.3. The molecular weight excluding hydrogens is 290 g/mol. The fourth-order valence-electron chi connectivity index (χ4n) is 2.55. The van der Waals surface area contributed by atoms with Crippen molar-refractivity contribution >= 4 is 23.3 Å². The van der Waals surface area contributed by atoms with Crippen molar-refractivity contribution in [2.45, 2.75) is 38.6 Å². The van der Waals surface area contributed by atoms with E-state index in [4.69, 9.17) is 11.6 Å². The molecule has 1 saturated heterocycles. The van der Waals surface area contributed by atoms with E-state index in [9.17, 15) is 9.90 Å². The number of aliphatic hydroxyl groups excluding tert-OH is 1. The Bertz CT molecular complexity index is 496. The first-order chi connectivity index (χ1) is 10.2. The van der Waals surface area contributed by atoms with Crippen LogP contribution in [0.2, 0.25) is 5.02 Å². The SMILES string of the molecule is CCCNc1ncc(C(=O)N2CCCCC2CO)cc1Cl. The van der Waals surface area contributed by atoms with Gasteiger partial charge in [-0.15, -0.1) is 0 Å². The third-order valence-corrected chi connectivity index (χ3v) is 4.02. The summed E-state index contributed by atoms with van der Waals surface area (Å²) in [5.74, 6) is 0.498. The Hall–Kier alpha value is -1.33. The lowest BCUT2D eigenvalue weighted by molar-refractivity contribution is 0.0502. The van der Waals surface area contributed by atoms with E-state index < -0.39 is 0 Å². The lowest BCUT2D eigenvalue weighted by Crippen LogP contribution is -2.45. The van der Waals surface area contributed by atoms with Crippen LogP contribution < -0.4 is 5.32 Å². The molecule has 0 radical (unpaired) electrons. The van der Waals surface area contributed by atoms with Gasteiger partial charge in [-0.05, 0) is 31.7 Å². The molecule has 6 heteroatoms. The number of anilines is 1. The van der Waals surface area contributed by atoms with Crippen molar-refractivity contribution in [2.24, 2.45) is 0 Å². The van der Waals surface area contributed by atoms with Gasteiger partial charge in [-0.1, -0.05) is 18.5 Å². The lowest BCUT2D eigenvalue weighted by Gasteiger charge is -2.34. The van der Waals surface area contributed by atoms with Crippen LogP contribution in [-0.4, -0.2) is 46.6 Å². The Morgan fingerprint density at radius 2 is 2.38 bits per heavy atom. The van der Waals surface area contributed by atoms with Crippen molar-refractivity contribution < 1.29 is 9.90 Å². The van der Waals surface area contributed by atoms with Crippen LogP contribution in [-0.2, 0) is 0 Å². The summed E-state index contributed by atoms with van der Waals surface area (Å²) in [6.07, 6.45) is 5.40. The van der Waals surface area contributed by atoms with E-state index in [1.807, 2.05) is 0 Å². The Labute approximate surface area is 130 Å². The largest absolute Gasteiger partial charge is 0.394 e. The molecule has 116 valence electrons. The summed E-state index contributed by atoms with van der Waals surface area (Å²) in [5, 5.41) is 13.0. The summed E-state index contributed by atoms with van der Waals surface area (Å²) in [6.45, 7) is 3.53. The van der Waals surface area contributed by atoms with Gasteiger partial charge in [0.2, 0.25) is 0 Å². The van der Waals surface area contributed by atoms with Gasteiger partial charge in [0.25, 0.3) is 5.91 Å². The average molecular weight is 312 g/mol. The molecule has 1 fully saturated rings. The number of likely N-dealkylation sites (tertiary alicyclic amines) is 1. The highest BCUT2D eigenvalue weighted by molar-refractivity contribution is 6.33. The number of hydrogen-bond acceptors (Lipinski definition) is 4. The van der Waals surface area contributed by atoms with E-state index in [0.29, 0.717) is 22.9 Å². The van der Waals surface area contributed by atoms with Gasteiger partial charge in [0, 0.05) is 19.3 Å². The van der Waals surface area contributed by atoms with E-state index in [-0.39, 0.29) is 18.6 Å². The third-order valence-electron chi connectivity index (χ3n) is 3.73. The molecule has 0 aromatic carbocycles. The van der Waals surface area contributed by atoms with Crippen molar-refractivity contribution in [3.63, 3.8) is 0 Å². The first-order valence-electron chi connectivity index (χ1n) is 7.48. The van der Waals surface area contributed by atoms with Crippen LogP contribution in [0.25, 0.3) is 0 Å². The van der Waals surface area contributed by atoms with Crippen LogP contribution in [0.1, 0.15) is 43.0 Å². The van der Waals surface area contributed by atoms with Crippen LogP contribution in [0, 0.1) is 0 Å². The molecule has 5 nitrogen and oxygen atoms in total. The minimum atomic E-state index is -0.106. The number of amides is 1. The van der Waals surface area contributed by atoms with Crippen LogP contribution in [0.5, 0.6) is 0 Å². The topological polar surface area (TPSA) is 65.5 Å². The number of nitrogens with zero attached hydrogens (tertiary/aromatic N) is 2. The quantitative estimate of drug-likeness (QED) is 0.877. The Kier molecular flexibility index (Phi) is 5.82. The Morgan fingerprint density at radius 1 is 1.57 bits per heavy atom. The van der Waals surface area contributed by atoms with Gasteiger partial charge < -0.3 is 15.3 Å². The number of hydrogen-bond donors (Lipinski definition) is 2. The molecule has 1 aromatic rings. The van der Waals surface area contributed by atoms with E-state index in [2.05, 4.69) is 17.2 Å². The number of carbonyl (C=O) groups excluding carboxylic acids is 1. The fourth-order valence-corrected chi connectivity index (χ4v) is 2.79. The lowest BCUT2D eigenvalue weighted by atomic mass is 10.0. The predicted molar refractivity (Wildman–Crippen MR) is 83.8 cm³/mol. The summed E-state index contributed by atoms with van der Waals surface area (Å²) in [6, 6.07) is 1.56. The minimum absolute atomic E-state index is 0.00302. The van der Waals surface area contributed by atoms with Crippen LogP contribution >= 0.6 is 11.6 Å². The second-order valence-electron chi connectivity index (χ2n) is 5.31. The molecule has 0 saturated carbocycles. The molecule has 0 aliphatic carbocycles. The van der Waals surface area contributed by atoms with Gasteiger partial charge in [-0.3, -0.25) is 4.79 Å². The number of nitrogens with one attached hydrogen (secondary N) is 1. The van der Waals surface area contributed by atoms with Crippen molar-refractivity contribution in [3.8, 4) is 0 Å². The summed E-state index contributed by atoms with van der Waals surface area (Å²) >= 11 is 6.17. The molecule has 1 aliphatic rings. The number of aliphatic hydroxyl groups is 1. The molecule has 0 bridgehead atoms. The molecule has 0 spiro atoms. The molecule has 1 aromatic heterocycles. The first-order valence-corrected chi connectivity index (χ1v) is 7.86. The van der Waals surface area contributed by atoms with Crippen LogP contribution in [0.3, 0.4) is 0 Å². The van der Waals surface area contributed by atoms with E-state index in [1.54, 1.807) is 17.2 Å². The number of aromatic nitrogens is 1. The van der Waals surface area contributed by atoms with Crippen molar-refractivity contribution in [1.82, 2.24) is 9.88 Å². The van der Waals surface area contributed by atoms with Crippen LogP contribution in [0.4, 0.5) is 5.82 Å². The van der Waals surface area contributed by atoms with E-state index >= 15 is 0 Å². The zero-order chi connectivity index (χ0) is 15.2. The number of piperidine rings is 1. The van der Waals surface area contributed by atoms with Gasteiger partial charge in [-0.25, -0.2) is 4.98 Å². The zero-order valence-corrected chi connectivity index (χ0v) is 13.1. The Morgan fingerprint density at radius 3 is 3.05 bits per heavy atom. The molecule has 1 aliphatic heterocycles. The van der Waals surface area contributed by atoms with Crippen molar-refractivity contribution in [2.75, 3.05) is 25.0 Å². The second-order valence-corrected chi connectivity index (χ2v) is 5.72. The molecule has 21 heavy (non-hydrogen) atoms. The maximum Gasteiger partial charge on any atom is 0.255 e. The number of rotatable bonds is 5. The molecule has 2 heterocycles. The highest BCUT2D eigenvalue weighted by Crippen LogP contribution is 2.23. The summed E-state index contributed by atoms with van der Waals surface area (Å²) in [4.78, 5) is 18.5. The predicted octanol–water partition coefficient (Wildman–Crippen LogP) is 2.54. The van der Waals surface area contributed by atoms with Gasteiger partial charge in [0.15, 0.2) is 0 Å². The third kappa shape index (κ3) is 3.86. The highest BCUT2D eigenvalue weighted by atomic mass is 35.5. The highest BCUT2D eigenvalue weighted by Gasteiger charge is 2.27. The number of halogens is 1. The molecule has 2 rings (SSSR count). The molecule has 1 atom stereocenters. The van der Waals surface area contributed by atoms with E-state index in [1.165, 1.54) is 0 Å². The van der Waals surface area contributed by atoms with Crippen molar-refractivity contribution in [3.05, 3.63) is 22.8 Å². The standard InChI is InChI=1S/C15H22ClN3O2/c1-2-6-17-14-13(16)8-11(9-18-14)15(21)19-7-4-3-5-12(19)10-20/h8-9,12,20H,2-7,10H2,1H3,(H,17,18).